The normalized spacial score (nSPS) is 10.7. The highest BCUT2D eigenvalue weighted by molar-refractivity contribution is 5.98. The van der Waals surface area contributed by atoms with Crippen LogP contribution in [0, 0.1) is 0 Å². The fraction of sp³-hybridized carbons (Fsp3) is 0.0769. The van der Waals surface area contributed by atoms with Gasteiger partial charge in [0.2, 0.25) is 0 Å². The number of hydrogen-bond donors (Lipinski definition) is 1. The number of ketones is 1. The topological polar surface area (TPSA) is 71.5 Å². The Morgan fingerprint density at radius 2 is 1.94 bits per heavy atom. The van der Waals surface area contributed by atoms with Crippen molar-refractivity contribution in [2.45, 2.75) is 6.42 Å². The number of rotatable bonds is 3. The van der Waals surface area contributed by atoms with Gasteiger partial charge in [0.1, 0.15) is 11.8 Å². The summed E-state index contributed by atoms with van der Waals surface area (Å²) in [7, 11) is 0. The van der Waals surface area contributed by atoms with Crippen LogP contribution in [-0.4, -0.2) is 25.7 Å². The average molecular weight is 238 g/mol. The lowest BCUT2D eigenvalue weighted by Crippen LogP contribution is -2.05. The van der Waals surface area contributed by atoms with Crippen LogP contribution in [0.4, 0.5) is 0 Å². The molecule has 3 aromatic rings. The van der Waals surface area contributed by atoms with Crippen molar-refractivity contribution < 1.29 is 4.79 Å². The summed E-state index contributed by atoms with van der Waals surface area (Å²) >= 11 is 0. The van der Waals surface area contributed by atoms with E-state index in [-0.39, 0.29) is 12.2 Å². The van der Waals surface area contributed by atoms with Crippen LogP contribution >= 0.6 is 0 Å². The zero-order valence-electron chi connectivity index (χ0n) is 9.50. The van der Waals surface area contributed by atoms with Crippen molar-refractivity contribution in [1.29, 1.82) is 0 Å². The van der Waals surface area contributed by atoms with Gasteiger partial charge in [-0.15, -0.1) is 0 Å². The minimum absolute atomic E-state index is 0.0326. The van der Waals surface area contributed by atoms with Gasteiger partial charge in [-0.1, -0.05) is 30.3 Å². The van der Waals surface area contributed by atoms with Crippen molar-refractivity contribution in [3.63, 3.8) is 0 Å². The Hall–Kier alpha value is -2.56. The molecule has 0 spiro atoms. The summed E-state index contributed by atoms with van der Waals surface area (Å²) in [5.74, 6) is 0.0326. The third-order valence-electron chi connectivity index (χ3n) is 2.73. The van der Waals surface area contributed by atoms with Crippen molar-refractivity contribution in [2.24, 2.45) is 0 Å². The molecule has 0 atom stereocenters. The molecule has 0 fully saturated rings. The van der Waals surface area contributed by atoms with Crippen LogP contribution in [0.1, 0.15) is 16.1 Å². The fourth-order valence-electron chi connectivity index (χ4n) is 1.83. The Balaban J connectivity index is 1.93. The monoisotopic (exact) mass is 238 g/mol. The zero-order valence-corrected chi connectivity index (χ0v) is 9.50. The highest BCUT2D eigenvalue weighted by Gasteiger charge is 2.11. The van der Waals surface area contributed by atoms with Crippen LogP contribution in [0.25, 0.3) is 11.2 Å². The fourth-order valence-corrected chi connectivity index (χ4v) is 1.83. The molecular weight excluding hydrogens is 228 g/mol. The number of carbonyl (C=O) groups excluding carboxylic acids is 1. The van der Waals surface area contributed by atoms with Crippen molar-refractivity contribution >= 4 is 16.9 Å². The summed E-state index contributed by atoms with van der Waals surface area (Å²) in [6.45, 7) is 0. The zero-order chi connectivity index (χ0) is 12.4. The predicted molar refractivity (Wildman–Crippen MR) is 66.2 cm³/mol. The number of benzene rings is 1. The second-order valence-electron chi connectivity index (χ2n) is 3.89. The molecule has 0 amide bonds. The molecule has 2 heterocycles. The second kappa shape index (κ2) is 4.37. The predicted octanol–water partition coefficient (Wildman–Crippen LogP) is 1.78. The molecule has 0 radical (unpaired) electrons. The van der Waals surface area contributed by atoms with E-state index in [1.165, 1.54) is 6.33 Å². The van der Waals surface area contributed by atoms with Gasteiger partial charge in [0.15, 0.2) is 11.4 Å². The van der Waals surface area contributed by atoms with E-state index in [0.29, 0.717) is 16.9 Å². The number of fused-ring (bicyclic) bond motifs is 1. The molecule has 0 saturated carbocycles. The lowest BCUT2D eigenvalue weighted by molar-refractivity contribution is 0.0992. The van der Waals surface area contributed by atoms with Gasteiger partial charge in [-0.25, -0.2) is 15.0 Å². The molecule has 0 aliphatic carbocycles. The molecule has 0 bridgehead atoms. The molecule has 0 unspecified atom stereocenters. The molecule has 2 aromatic heterocycles. The van der Waals surface area contributed by atoms with E-state index in [4.69, 9.17) is 0 Å². The number of Topliss-reactive ketones (excluding diaryl/α,β-unsaturated/α-hetero) is 1. The summed E-state index contributed by atoms with van der Waals surface area (Å²) in [5, 5.41) is 0. The van der Waals surface area contributed by atoms with E-state index in [0.717, 1.165) is 5.52 Å². The molecule has 88 valence electrons. The summed E-state index contributed by atoms with van der Waals surface area (Å²) in [5.41, 5.74) is 2.66. The van der Waals surface area contributed by atoms with Gasteiger partial charge in [-0.2, -0.15) is 0 Å². The Morgan fingerprint density at radius 1 is 1.11 bits per heavy atom. The number of nitrogens with zero attached hydrogens (tertiary/aromatic N) is 3. The first-order valence-corrected chi connectivity index (χ1v) is 5.56. The van der Waals surface area contributed by atoms with Crippen LogP contribution in [0.15, 0.2) is 43.0 Å². The van der Waals surface area contributed by atoms with Crippen molar-refractivity contribution in [1.82, 2.24) is 19.9 Å². The maximum atomic E-state index is 12.1. The van der Waals surface area contributed by atoms with Crippen molar-refractivity contribution in [3.05, 3.63) is 54.2 Å². The lowest BCUT2D eigenvalue weighted by atomic mass is 10.1. The molecule has 5 nitrogen and oxygen atoms in total. The van der Waals surface area contributed by atoms with Gasteiger partial charge in [0.25, 0.3) is 0 Å². The molecular formula is C13H10N4O. The molecule has 1 aromatic carbocycles. The van der Waals surface area contributed by atoms with E-state index in [1.54, 1.807) is 18.5 Å². The standard InChI is InChI=1S/C13H10N4O/c18-11(9-4-2-1-3-5-9)6-10-12-13(16-7-14-10)17-8-15-12/h1-5,7-8H,6H2,(H,14,15,16,17). The minimum Gasteiger partial charge on any atom is -0.342 e. The molecule has 18 heavy (non-hydrogen) atoms. The number of carbonyl (C=O) groups is 1. The largest absolute Gasteiger partial charge is 0.342 e. The molecule has 5 heteroatoms. The highest BCUT2D eigenvalue weighted by Crippen LogP contribution is 2.12. The molecule has 3 rings (SSSR count). The first kappa shape index (κ1) is 10.6. The number of nitrogens with one attached hydrogen (secondary N) is 1. The third-order valence-corrected chi connectivity index (χ3v) is 2.73. The SMILES string of the molecule is O=C(Cc1ncnc2nc[nH]c12)c1ccccc1. The van der Waals surface area contributed by atoms with Crippen molar-refractivity contribution in [3.8, 4) is 0 Å². The molecule has 1 N–H and O–H groups in total. The number of aromatic nitrogens is 4. The quantitative estimate of drug-likeness (QED) is 0.706. The number of H-pyrrole nitrogens is 1. The van der Waals surface area contributed by atoms with Gasteiger partial charge in [0.05, 0.1) is 18.4 Å². The Labute approximate surface area is 103 Å². The van der Waals surface area contributed by atoms with Crippen LogP contribution in [-0.2, 0) is 6.42 Å². The minimum atomic E-state index is 0.0326. The van der Waals surface area contributed by atoms with Gasteiger partial charge >= 0.3 is 0 Å². The number of imidazole rings is 1. The van der Waals surface area contributed by atoms with E-state index in [9.17, 15) is 4.79 Å². The van der Waals surface area contributed by atoms with Gasteiger partial charge < -0.3 is 4.98 Å². The van der Waals surface area contributed by atoms with E-state index >= 15 is 0 Å². The first-order valence-electron chi connectivity index (χ1n) is 5.56. The van der Waals surface area contributed by atoms with Crippen LogP contribution in [0.3, 0.4) is 0 Å². The summed E-state index contributed by atoms with van der Waals surface area (Å²) in [4.78, 5) is 27.2. The average Bonchev–Trinajstić information content (AvgIpc) is 2.89. The Kier molecular flexibility index (Phi) is 2.57. The second-order valence-corrected chi connectivity index (χ2v) is 3.89. The van der Waals surface area contributed by atoms with Crippen LogP contribution in [0.2, 0.25) is 0 Å². The molecule has 0 aliphatic rings. The van der Waals surface area contributed by atoms with E-state index in [2.05, 4.69) is 19.9 Å². The maximum Gasteiger partial charge on any atom is 0.180 e. The van der Waals surface area contributed by atoms with Gasteiger partial charge in [-0.3, -0.25) is 4.79 Å². The smallest absolute Gasteiger partial charge is 0.180 e. The van der Waals surface area contributed by atoms with E-state index in [1.807, 2.05) is 18.2 Å². The highest BCUT2D eigenvalue weighted by atomic mass is 16.1. The summed E-state index contributed by atoms with van der Waals surface area (Å²) < 4.78 is 0. The Bertz CT molecular complexity index is 690. The maximum absolute atomic E-state index is 12.1. The van der Waals surface area contributed by atoms with E-state index < -0.39 is 0 Å². The third kappa shape index (κ3) is 1.86. The van der Waals surface area contributed by atoms with Crippen molar-refractivity contribution in [2.75, 3.05) is 0 Å². The number of hydrogen-bond acceptors (Lipinski definition) is 4. The number of aromatic amines is 1. The molecule has 0 saturated heterocycles. The van der Waals surface area contributed by atoms with Gasteiger partial charge in [0, 0.05) is 5.56 Å². The summed E-state index contributed by atoms with van der Waals surface area (Å²) in [6, 6.07) is 9.17. The Morgan fingerprint density at radius 3 is 2.78 bits per heavy atom. The summed E-state index contributed by atoms with van der Waals surface area (Å²) in [6.07, 6.45) is 3.22. The van der Waals surface area contributed by atoms with Crippen LogP contribution in [0.5, 0.6) is 0 Å². The van der Waals surface area contributed by atoms with Gasteiger partial charge in [-0.05, 0) is 0 Å². The van der Waals surface area contributed by atoms with Crippen LogP contribution < -0.4 is 0 Å². The molecule has 0 aliphatic heterocycles. The lowest BCUT2D eigenvalue weighted by Gasteiger charge is -2.01. The first-order chi connectivity index (χ1) is 8.84.